The van der Waals surface area contributed by atoms with E-state index < -0.39 is 0 Å². The summed E-state index contributed by atoms with van der Waals surface area (Å²) in [5.41, 5.74) is 0.860. The summed E-state index contributed by atoms with van der Waals surface area (Å²) in [7, 11) is 1.51. The van der Waals surface area contributed by atoms with Crippen molar-refractivity contribution in [2.45, 2.75) is 13.0 Å². The van der Waals surface area contributed by atoms with Gasteiger partial charge in [-0.15, -0.1) is 0 Å². The monoisotopic (exact) mass is 257 g/mol. The van der Waals surface area contributed by atoms with Crippen molar-refractivity contribution in [3.63, 3.8) is 0 Å². The Kier molecular flexibility index (Phi) is 2.81. The Labute approximate surface area is 110 Å². The van der Waals surface area contributed by atoms with Crippen LogP contribution in [0.1, 0.15) is 16.8 Å². The summed E-state index contributed by atoms with van der Waals surface area (Å²) in [5.74, 6) is 0.958. The number of nitrogens with zero attached hydrogens (tertiary/aromatic N) is 2. The summed E-state index contributed by atoms with van der Waals surface area (Å²) in [4.78, 5) is 23.7. The van der Waals surface area contributed by atoms with Crippen LogP contribution in [0.5, 0.6) is 0 Å². The number of fused-ring (bicyclic) bond motifs is 1. The van der Waals surface area contributed by atoms with Crippen LogP contribution in [0.3, 0.4) is 0 Å². The molecule has 0 bridgehead atoms. The molecular weight excluding hydrogens is 242 g/mol. The first-order valence-corrected chi connectivity index (χ1v) is 6.36. The average Bonchev–Trinajstić information content (AvgIpc) is 3.19. The standard InChI is InChI=1S/C14H15N3O2/c1-15-13(18)12-4-5-16-17(14(12)19)8-9-2-3-10-7-11(10)6-9/h2-6,10-11H,7-8H2,1H3,(H,15,18). The third-order valence-electron chi connectivity index (χ3n) is 3.59. The molecule has 1 N–H and O–H groups in total. The van der Waals surface area contributed by atoms with Crippen molar-refractivity contribution in [3.8, 4) is 0 Å². The van der Waals surface area contributed by atoms with E-state index in [-0.39, 0.29) is 17.0 Å². The van der Waals surface area contributed by atoms with Gasteiger partial charge in [-0.25, -0.2) is 4.68 Å². The molecule has 0 saturated heterocycles. The lowest BCUT2D eigenvalue weighted by Gasteiger charge is -2.09. The first-order chi connectivity index (χ1) is 9.19. The van der Waals surface area contributed by atoms with Gasteiger partial charge in [-0.2, -0.15) is 5.10 Å². The van der Waals surface area contributed by atoms with Gasteiger partial charge in [0.15, 0.2) is 0 Å². The zero-order valence-electron chi connectivity index (χ0n) is 10.7. The molecule has 0 radical (unpaired) electrons. The second kappa shape index (κ2) is 4.50. The Morgan fingerprint density at radius 2 is 2.37 bits per heavy atom. The minimum atomic E-state index is -0.378. The average molecular weight is 257 g/mol. The summed E-state index contributed by atoms with van der Waals surface area (Å²) in [6.45, 7) is 0.420. The molecule has 1 saturated carbocycles. The number of allylic oxidation sites excluding steroid dienone is 4. The van der Waals surface area contributed by atoms with Gasteiger partial charge >= 0.3 is 0 Å². The second-order valence-electron chi connectivity index (χ2n) is 4.95. The lowest BCUT2D eigenvalue weighted by atomic mass is 10.1. The van der Waals surface area contributed by atoms with Crippen molar-refractivity contribution < 1.29 is 4.79 Å². The molecule has 19 heavy (non-hydrogen) atoms. The number of hydrogen-bond donors (Lipinski definition) is 1. The van der Waals surface area contributed by atoms with Gasteiger partial charge in [0.1, 0.15) is 5.56 Å². The molecule has 3 rings (SSSR count). The van der Waals surface area contributed by atoms with Crippen molar-refractivity contribution in [3.05, 3.63) is 52.0 Å². The highest BCUT2D eigenvalue weighted by atomic mass is 16.2. The number of nitrogens with one attached hydrogen (secondary N) is 1. The maximum Gasteiger partial charge on any atom is 0.279 e. The summed E-state index contributed by atoms with van der Waals surface area (Å²) < 4.78 is 1.34. The predicted octanol–water partition coefficient (Wildman–Crippen LogP) is 0.735. The van der Waals surface area contributed by atoms with Crippen LogP contribution in [0, 0.1) is 11.8 Å². The van der Waals surface area contributed by atoms with E-state index >= 15 is 0 Å². The maximum atomic E-state index is 12.1. The fourth-order valence-electron chi connectivity index (χ4n) is 2.38. The Bertz CT molecular complexity index is 642. The van der Waals surface area contributed by atoms with Gasteiger partial charge in [0.05, 0.1) is 6.54 Å². The van der Waals surface area contributed by atoms with Crippen LogP contribution in [0.25, 0.3) is 0 Å². The summed E-state index contributed by atoms with van der Waals surface area (Å²) in [6, 6.07) is 1.44. The highest BCUT2D eigenvalue weighted by Gasteiger charge is 2.34. The van der Waals surface area contributed by atoms with E-state index in [1.54, 1.807) is 0 Å². The van der Waals surface area contributed by atoms with Crippen LogP contribution in [0.2, 0.25) is 0 Å². The van der Waals surface area contributed by atoms with Crippen LogP contribution >= 0.6 is 0 Å². The third kappa shape index (κ3) is 2.23. The molecule has 0 spiro atoms. The predicted molar refractivity (Wildman–Crippen MR) is 70.7 cm³/mol. The van der Waals surface area contributed by atoms with E-state index in [0.29, 0.717) is 18.4 Å². The molecule has 2 atom stereocenters. The molecule has 0 aliphatic heterocycles. The molecule has 98 valence electrons. The largest absolute Gasteiger partial charge is 0.355 e. The van der Waals surface area contributed by atoms with Crippen molar-refractivity contribution >= 4 is 5.91 Å². The number of hydrogen-bond acceptors (Lipinski definition) is 3. The van der Waals surface area contributed by atoms with Crippen molar-refractivity contribution in [2.75, 3.05) is 7.05 Å². The van der Waals surface area contributed by atoms with E-state index in [4.69, 9.17) is 0 Å². The highest BCUT2D eigenvalue weighted by molar-refractivity contribution is 5.93. The minimum Gasteiger partial charge on any atom is -0.355 e. The third-order valence-corrected chi connectivity index (χ3v) is 3.59. The molecule has 2 unspecified atom stereocenters. The normalized spacial score (nSPS) is 23.5. The molecule has 5 nitrogen and oxygen atoms in total. The quantitative estimate of drug-likeness (QED) is 0.868. The number of carbonyl (C=O) groups is 1. The number of amides is 1. The van der Waals surface area contributed by atoms with Crippen LogP contribution in [-0.4, -0.2) is 22.7 Å². The zero-order valence-corrected chi connectivity index (χ0v) is 10.7. The zero-order chi connectivity index (χ0) is 13.4. The molecular formula is C14H15N3O2. The van der Waals surface area contributed by atoms with Crippen LogP contribution < -0.4 is 10.9 Å². The minimum absolute atomic E-state index is 0.127. The summed E-state index contributed by atoms with van der Waals surface area (Å²) >= 11 is 0. The fourth-order valence-corrected chi connectivity index (χ4v) is 2.38. The summed E-state index contributed by atoms with van der Waals surface area (Å²) in [5, 5.41) is 6.50. The number of rotatable bonds is 3. The van der Waals surface area contributed by atoms with Gasteiger partial charge < -0.3 is 5.32 Å². The van der Waals surface area contributed by atoms with Gasteiger partial charge in [0, 0.05) is 13.2 Å². The van der Waals surface area contributed by atoms with E-state index in [2.05, 4.69) is 28.6 Å². The van der Waals surface area contributed by atoms with E-state index in [1.807, 2.05) is 0 Å². The Morgan fingerprint density at radius 1 is 1.53 bits per heavy atom. The maximum absolute atomic E-state index is 12.1. The molecule has 1 aromatic rings. The van der Waals surface area contributed by atoms with Crippen molar-refractivity contribution in [1.82, 2.24) is 15.1 Å². The van der Waals surface area contributed by atoms with Gasteiger partial charge in [0.2, 0.25) is 0 Å². The Morgan fingerprint density at radius 3 is 3.11 bits per heavy atom. The Balaban J connectivity index is 1.87. The smallest absolute Gasteiger partial charge is 0.279 e. The van der Waals surface area contributed by atoms with E-state index in [1.165, 1.54) is 30.4 Å². The lowest BCUT2D eigenvalue weighted by Crippen LogP contribution is -2.32. The van der Waals surface area contributed by atoms with Crippen LogP contribution in [0.15, 0.2) is 40.9 Å². The number of carbonyl (C=O) groups excluding carboxylic acids is 1. The molecule has 5 heteroatoms. The first kappa shape index (κ1) is 11.9. The van der Waals surface area contributed by atoms with Crippen molar-refractivity contribution in [1.29, 1.82) is 0 Å². The molecule has 2 aliphatic carbocycles. The molecule has 1 heterocycles. The SMILES string of the molecule is CNC(=O)c1ccnn(CC2=CC3CC3C=C2)c1=O. The molecule has 1 aromatic heterocycles. The number of aromatic nitrogens is 2. The van der Waals surface area contributed by atoms with Gasteiger partial charge in [-0.3, -0.25) is 9.59 Å². The van der Waals surface area contributed by atoms with Gasteiger partial charge in [-0.05, 0) is 29.9 Å². The topological polar surface area (TPSA) is 64.0 Å². The van der Waals surface area contributed by atoms with E-state index in [0.717, 1.165) is 5.57 Å². The van der Waals surface area contributed by atoms with Crippen LogP contribution in [0.4, 0.5) is 0 Å². The van der Waals surface area contributed by atoms with Gasteiger partial charge in [0.25, 0.3) is 11.5 Å². The van der Waals surface area contributed by atoms with Crippen molar-refractivity contribution in [2.24, 2.45) is 11.8 Å². The molecule has 1 fully saturated rings. The second-order valence-corrected chi connectivity index (χ2v) is 4.95. The van der Waals surface area contributed by atoms with E-state index in [9.17, 15) is 9.59 Å². The summed E-state index contributed by atoms with van der Waals surface area (Å²) in [6.07, 6.45) is 9.13. The lowest BCUT2D eigenvalue weighted by molar-refractivity contribution is 0.0960. The molecule has 1 amide bonds. The van der Waals surface area contributed by atoms with Gasteiger partial charge in [-0.1, -0.05) is 18.2 Å². The molecule has 2 aliphatic rings. The fraction of sp³-hybridized carbons (Fsp3) is 0.357. The highest BCUT2D eigenvalue weighted by Crippen LogP contribution is 2.44. The van der Waals surface area contributed by atoms with Crippen LogP contribution in [-0.2, 0) is 6.54 Å². The molecule has 0 aromatic carbocycles. The Hall–Kier alpha value is -2.17. The first-order valence-electron chi connectivity index (χ1n) is 6.36.